The molecule has 1 aromatic carbocycles. The Labute approximate surface area is 120 Å². The van der Waals surface area contributed by atoms with Crippen LogP contribution in [0.3, 0.4) is 0 Å². The van der Waals surface area contributed by atoms with E-state index in [4.69, 9.17) is 4.74 Å². The van der Waals surface area contributed by atoms with Crippen LogP contribution in [-0.4, -0.2) is 44.6 Å². The Morgan fingerprint density at radius 1 is 1.25 bits per heavy atom. The fourth-order valence-corrected chi connectivity index (χ4v) is 4.56. The summed E-state index contributed by atoms with van der Waals surface area (Å²) < 4.78 is 32.6. The van der Waals surface area contributed by atoms with Crippen molar-refractivity contribution in [1.29, 1.82) is 0 Å². The molecule has 2 aliphatic rings. The fraction of sp³-hybridized carbons (Fsp3) is 0.571. The van der Waals surface area contributed by atoms with Gasteiger partial charge in [0.15, 0.2) is 0 Å². The second kappa shape index (κ2) is 5.02. The molecule has 1 saturated heterocycles. The highest BCUT2D eigenvalue weighted by molar-refractivity contribution is 7.89. The summed E-state index contributed by atoms with van der Waals surface area (Å²) in [6, 6.07) is 5.36. The highest BCUT2D eigenvalue weighted by Gasteiger charge is 2.32. The van der Waals surface area contributed by atoms with Crippen molar-refractivity contribution in [2.45, 2.75) is 37.4 Å². The van der Waals surface area contributed by atoms with E-state index in [9.17, 15) is 8.42 Å². The van der Waals surface area contributed by atoms with Gasteiger partial charge in [0.25, 0.3) is 0 Å². The van der Waals surface area contributed by atoms with Crippen molar-refractivity contribution in [2.75, 3.05) is 25.0 Å². The number of rotatable bonds is 2. The minimum atomic E-state index is -3.42. The molecule has 1 aromatic rings. The molecule has 3 rings (SSSR count). The minimum absolute atomic E-state index is 0.0652. The van der Waals surface area contributed by atoms with Crippen LogP contribution in [0.25, 0.3) is 0 Å². The summed E-state index contributed by atoms with van der Waals surface area (Å²) in [6.45, 7) is 5.53. The van der Waals surface area contributed by atoms with Crippen LogP contribution in [0, 0.1) is 0 Å². The number of hydrogen-bond donors (Lipinski definition) is 1. The Morgan fingerprint density at radius 3 is 2.65 bits per heavy atom. The van der Waals surface area contributed by atoms with Gasteiger partial charge in [0, 0.05) is 25.3 Å². The highest BCUT2D eigenvalue weighted by Crippen LogP contribution is 2.27. The number of benzene rings is 1. The van der Waals surface area contributed by atoms with Crippen molar-refractivity contribution >= 4 is 15.7 Å². The molecule has 5 nitrogen and oxygen atoms in total. The van der Waals surface area contributed by atoms with Gasteiger partial charge in [-0.2, -0.15) is 4.31 Å². The van der Waals surface area contributed by atoms with Gasteiger partial charge in [-0.15, -0.1) is 0 Å². The standard InChI is InChI=1S/C14H20N2O3S/c1-10-8-16(9-11(2)19-10)20(17,18)13-3-4-14-12(7-13)5-6-15-14/h3-4,7,10-11,15H,5-6,8-9H2,1-2H3/t10-,11+. The van der Waals surface area contributed by atoms with Crippen LogP contribution in [0.5, 0.6) is 0 Å². The Balaban J connectivity index is 1.91. The van der Waals surface area contributed by atoms with Gasteiger partial charge < -0.3 is 10.1 Å². The summed E-state index contributed by atoms with van der Waals surface area (Å²) in [4.78, 5) is 0.390. The van der Waals surface area contributed by atoms with Crippen LogP contribution in [0.1, 0.15) is 19.4 Å². The molecule has 1 fully saturated rings. The molecular formula is C14H20N2O3S. The van der Waals surface area contributed by atoms with Crippen LogP contribution >= 0.6 is 0 Å². The van der Waals surface area contributed by atoms with Crippen LogP contribution < -0.4 is 5.32 Å². The van der Waals surface area contributed by atoms with Crippen LogP contribution in [0.4, 0.5) is 5.69 Å². The number of hydrogen-bond acceptors (Lipinski definition) is 4. The SMILES string of the molecule is C[C@@H]1CN(S(=O)(=O)c2ccc3c(c2)CCN3)C[C@H](C)O1. The summed E-state index contributed by atoms with van der Waals surface area (Å²) in [5, 5.41) is 3.24. The van der Waals surface area contributed by atoms with E-state index in [1.54, 1.807) is 12.1 Å². The highest BCUT2D eigenvalue weighted by atomic mass is 32.2. The maximum absolute atomic E-state index is 12.7. The number of anilines is 1. The lowest BCUT2D eigenvalue weighted by molar-refractivity contribution is -0.0440. The van der Waals surface area contributed by atoms with E-state index in [0.29, 0.717) is 18.0 Å². The van der Waals surface area contributed by atoms with Gasteiger partial charge in [-0.1, -0.05) is 0 Å². The lowest BCUT2D eigenvalue weighted by atomic mass is 10.2. The Morgan fingerprint density at radius 2 is 1.95 bits per heavy atom. The quantitative estimate of drug-likeness (QED) is 0.897. The van der Waals surface area contributed by atoms with Crippen LogP contribution in [0.2, 0.25) is 0 Å². The molecule has 0 amide bonds. The fourth-order valence-electron chi connectivity index (χ4n) is 2.92. The molecule has 0 aromatic heterocycles. The zero-order valence-corrected chi connectivity index (χ0v) is 12.6. The van der Waals surface area contributed by atoms with Crippen LogP contribution in [0.15, 0.2) is 23.1 Å². The molecule has 0 saturated carbocycles. The van der Waals surface area contributed by atoms with Crippen LogP contribution in [-0.2, 0) is 21.2 Å². The van der Waals surface area contributed by atoms with Gasteiger partial charge in [0.05, 0.1) is 17.1 Å². The molecule has 2 aliphatic heterocycles. The van der Waals surface area contributed by atoms with Crippen molar-refractivity contribution in [3.8, 4) is 0 Å². The Kier molecular flexibility index (Phi) is 3.48. The smallest absolute Gasteiger partial charge is 0.243 e. The third-order valence-corrected chi connectivity index (χ3v) is 5.64. The predicted octanol–water partition coefficient (Wildman–Crippen LogP) is 1.45. The number of nitrogens with zero attached hydrogens (tertiary/aromatic N) is 1. The first-order valence-electron chi connectivity index (χ1n) is 6.99. The van der Waals surface area contributed by atoms with Gasteiger partial charge in [-0.25, -0.2) is 8.42 Å². The monoisotopic (exact) mass is 296 g/mol. The minimum Gasteiger partial charge on any atom is -0.384 e. The molecule has 2 atom stereocenters. The molecule has 0 aliphatic carbocycles. The predicted molar refractivity (Wildman–Crippen MR) is 77.4 cm³/mol. The average molecular weight is 296 g/mol. The number of sulfonamides is 1. The molecule has 6 heteroatoms. The molecule has 1 N–H and O–H groups in total. The van der Waals surface area contributed by atoms with Gasteiger partial charge in [-0.3, -0.25) is 0 Å². The van der Waals surface area contributed by atoms with E-state index in [1.165, 1.54) is 4.31 Å². The van der Waals surface area contributed by atoms with Gasteiger partial charge in [0.1, 0.15) is 0 Å². The Hall–Kier alpha value is -1.11. The molecular weight excluding hydrogens is 276 g/mol. The van der Waals surface area contributed by atoms with E-state index in [2.05, 4.69) is 5.32 Å². The first-order chi connectivity index (χ1) is 9.46. The van der Waals surface area contributed by atoms with Crippen molar-refractivity contribution in [2.24, 2.45) is 0 Å². The van der Waals surface area contributed by atoms with Gasteiger partial charge in [0.2, 0.25) is 10.0 Å². The zero-order valence-electron chi connectivity index (χ0n) is 11.8. The number of nitrogens with one attached hydrogen (secondary N) is 1. The largest absolute Gasteiger partial charge is 0.384 e. The van der Waals surface area contributed by atoms with Gasteiger partial charge >= 0.3 is 0 Å². The number of ether oxygens (including phenoxy) is 1. The van der Waals surface area contributed by atoms with Crippen molar-refractivity contribution < 1.29 is 13.2 Å². The molecule has 0 spiro atoms. The molecule has 20 heavy (non-hydrogen) atoms. The topological polar surface area (TPSA) is 58.6 Å². The Bertz CT molecular complexity index is 605. The molecule has 110 valence electrons. The summed E-state index contributed by atoms with van der Waals surface area (Å²) >= 11 is 0. The molecule has 0 bridgehead atoms. The third kappa shape index (κ3) is 2.43. The molecule has 0 radical (unpaired) electrons. The average Bonchev–Trinajstić information content (AvgIpc) is 2.84. The first kappa shape index (κ1) is 13.9. The molecule has 2 heterocycles. The second-order valence-corrected chi connectivity index (χ2v) is 7.51. The van der Waals surface area contributed by atoms with E-state index in [1.807, 2.05) is 19.9 Å². The van der Waals surface area contributed by atoms with E-state index < -0.39 is 10.0 Å². The lowest BCUT2D eigenvalue weighted by Gasteiger charge is -2.34. The van der Waals surface area contributed by atoms with E-state index in [-0.39, 0.29) is 12.2 Å². The second-order valence-electron chi connectivity index (χ2n) is 5.58. The lowest BCUT2D eigenvalue weighted by Crippen LogP contribution is -2.48. The van der Waals surface area contributed by atoms with Crippen molar-refractivity contribution in [3.05, 3.63) is 23.8 Å². The normalized spacial score (nSPS) is 27.1. The first-order valence-corrected chi connectivity index (χ1v) is 8.43. The third-order valence-electron chi connectivity index (χ3n) is 3.81. The van der Waals surface area contributed by atoms with E-state index >= 15 is 0 Å². The summed E-state index contributed by atoms with van der Waals surface area (Å²) in [5.74, 6) is 0. The van der Waals surface area contributed by atoms with Crippen molar-refractivity contribution in [1.82, 2.24) is 4.31 Å². The van der Waals surface area contributed by atoms with E-state index in [0.717, 1.165) is 24.2 Å². The van der Waals surface area contributed by atoms with Crippen molar-refractivity contribution in [3.63, 3.8) is 0 Å². The number of fused-ring (bicyclic) bond motifs is 1. The maximum atomic E-state index is 12.7. The van der Waals surface area contributed by atoms with Gasteiger partial charge in [-0.05, 0) is 44.0 Å². The summed E-state index contributed by atoms with van der Waals surface area (Å²) in [5.41, 5.74) is 2.13. The summed E-state index contributed by atoms with van der Waals surface area (Å²) in [7, 11) is -3.42. The summed E-state index contributed by atoms with van der Waals surface area (Å²) in [6.07, 6.45) is 0.753. The maximum Gasteiger partial charge on any atom is 0.243 e. The number of morpholine rings is 1. The zero-order chi connectivity index (χ0) is 14.3. The molecule has 0 unspecified atom stereocenters.